The molecule has 8 nitrogen and oxygen atoms in total. The number of carbonyl (C=O) groups excluding carboxylic acids is 2. The molecule has 0 unspecified atom stereocenters. The van der Waals surface area contributed by atoms with Crippen LogP contribution in [0.4, 0.5) is 5.69 Å². The van der Waals surface area contributed by atoms with E-state index in [2.05, 4.69) is 15.5 Å². The predicted octanol–water partition coefficient (Wildman–Crippen LogP) is 2.53. The molecule has 3 aromatic rings. The maximum Gasteiger partial charge on any atom is 0.248 e. The zero-order valence-electron chi connectivity index (χ0n) is 14.8. The number of anilines is 1. The van der Waals surface area contributed by atoms with Crippen LogP contribution in [0.5, 0.6) is 0 Å². The summed E-state index contributed by atoms with van der Waals surface area (Å²) in [5.41, 5.74) is 6.77. The number of thioether (sulfide) groups is 1. The van der Waals surface area contributed by atoms with Gasteiger partial charge in [0.25, 0.3) is 0 Å². The number of rotatable bonds is 6. The molecule has 0 radical (unpaired) electrons. The molecule has 0 saturated heterocycles. The molecule has 0 saturated carbocycles. The second-order valence-electron chi connectivity index (χ2n) is 5.85. The summed E-state index contributed by atoms with van der Waals surface area (Å²) in [6.45, 7) is 1.72. The lowest BCUT2D eigenvalue weighted by atomic mass is 10.2. The van der Waals surface area contributed by atoms with Crippen molar-refractivity contribution in [3.05, 3.63) is 59.1 Å². The number of nitrogens with two attached hydrogens (primary N) is 2. The summed E-state index contributed by atoms with van der Waals surface area (Å²) in [7, 11) is 0. The van der Waals surface area contributed by atoms with E-state index in [9.17, 15) is 9.59 Å². The van der Waals surface area contributed by atoms with Crippen LogP contribution in [0.2, 0.25) is 5.02 Å². The summed E-state index contributed by atoms with van der Waals surface area (Å²) in [5.74, 6) is 5.71. The molecule has 2 amide bonds. The second-order valence-corrected chi connectivity index (χ2v) is 7.56. The van der Waals surface area contributed by atoms with Gasteiger partial charge in [-0.3, -0.25) is 9.59 Å². The van der Waals surface area contributed by atoms with E-state index in [0.717, 1.165) is 11.8 Å². The molecule has 144 valence electrons. The van der Waals surface area contributed by atoms with Crippen molar-refractivity contribution in [3.8, 4) is 11.4 Å². The number of hydrogen-bond donors (Lipinski definition) is 3. The van der Waals surface area contributed by atoms with Gasteiger partial charge in [0.05, 0.1) is 10.3 Å². The summed E-state index contributed by atoms with van der Waals surface area (Å²) < 4.78 is 1.30. The predicted molar refractivity (Wildman–Crippen MR) is 110 cm³/mol. The third-order valence-corrected chi connectivity index (χ3v) is 5.25. The molecule has 0 bridgehead atoms. The van der Waals surface area contributed by atoms with Crippen LogP contribution in [0, 0.1) is 0 Å². The number of amides is 2. The fraction of sp³-hybridized carbons (Fsp3) is 0.111. The molecular weight excluding hydrogens is 400 g/mol. The van der Waals surface area contributed by atoms with E-state index in [1.807, 2.05) is 6.07 Å². The van der Waals surface area contributed by atoms with Crippen molar-refractivity contribution in [1.29, 1.82) is 0 Å². The summed E-state index contributed by atoms with van der Waals surface area (Å²) in [6, 6.07) is 13.5. The first-order chi connectivity index (χ1) is 13.4. The minimum Gasteiger partial charge on any atom is -0.366 e. The minimum atomic E-state index is -0.529. The van der Waals surface area contributed by atoms with E-state index in [-0.39, 0.29) is 5.91 Å². The van der Waals surface area contributed by atoms with E-state index in [4.69, 9.17) is 23.2 Å². The van der Waals surface area contributed by atoms with Gasteiger partial charge in [-0.1, -0.05) is 35.5 Å². The lowest BCUT2D eigenvalue weighted by molar-refractivity contribution is -0.115. The number of primary amides is 1. The smallest absolute Gasteiger partial charge is 0.248 e. The first kappa shape index (κ1) is 19.7. The average Bonchev–Trinajstić information content (AvgIpc) is 3.03. The molecule has 1 atom stereocenters. The lowest BCUT2D eigenvalue weighted by Crippen LogP contribution is -2.23. The Bertz CT molecular complexity index is 1020. The number of aromatic nitrogens is 3. The third kappa shape index (κ3) is 4.26. The molecule has 0 aliphatic carbocycles. The van der Waals surface area contributed by atoms with Gasteiger partial charge in [-0.15, -0.1) is 10.2 Å². The highest BCUT2D eigenvalue weighted by atomic mass is 35.5. The quantitative estimate of drug-likeness (QED) is 0.418. The largest absolute Gasteiger partial charge is 0.366 e. The van der Waals surface area contributed by atoms with Gasteiger partial charge in [-0.05, 0) is 43.3 Å². The van der Waals surface area contributed by atoms with Crippen molar-refractivity contribution in [1.82, 2.24) is 14.9 Å². The number of nitrogen functional groups attached to an aromatic ring is 1. The van der Waals surface area contributed by atoms with Crippen molar-refractivity contribution in [2.24, 2.45) is 5.73 Å². The standard InChI is InChI=1S/C18H17ClN6O2S/c1-10(17(27)22-12-8-6-11(7-9-12)15(20)26)28-18-24-23-16(25(18)21)13-4-2-3-5-14(13)19/h2-10H,21H2,1H3,(H2,20,26)(H,22,27)/t10-/m1/s1. The number of carbonyl (C=O) groups is 2. The van der Waals surface area contributed by atoms with Crippen LogP contribution in [0.1, 0.15) is 17.3 Å². The zero-order chi connectivity index (χ0) is 20.3. The van der Waals surface area contributed by atoms with Crippen LogP contribution in [-0.4, -0.2) is 31.9 Å². The molecule has 1 heterocycles. The molecule has 5 N–H and O–H groups in total. The zero-order valence-corrected chi connectivity index (χ0v) is 16.4. The van der Waals surface area contributed by atoms with Gasteiger partial charge >= 0.3 is 0 Å². The van der Waals surface area contributed by atoms with Crippen molar-refractivity contribution >= 4 is 40.9 Å². The molecule has 1 aromatic heterocycles. The van der Waals surface area contributed by atoms with Crippen molar-refractivity contribution < 1.29 is 9.59 Å². The van der Waals surface area contributed by atoms with Gasteiger partial charge in [0.1, 0.15) is 0 Å². The molecule has 0 aliphatic rings. The first-order valence-corrected chi connectivity index (χ1v) is 9.45. The summed E-state index contributed by atoms with van der Waals surface area (Å²) in [6.07, 6.45) is 0. The number of halogens is 1. The summed E-state index contributed by atoms with van der Waals surface area (Å²) >= 11 is 7.34. The van der Waals surface area contributed by atoms with Crippen molar-refractivity contribution in [3.63, 3.8) is 0 Å². The fourth-order valence-electron chi connectivity index (χ4n) is 2.36. The van der Waals surface area contributed by atoms with Crippen LogP contribution >= 0.6 is 23.4 Å². The average molecular weight is 417 g/mol. The maximum atomic E-state index is 12.4. The Hall–Kier alpha value is -3.04. The van der Waals surface area contributed by atoms with Gasteiger partial charge in [-0.2, -0.15) is 0 Å². The van der Waals surface area contributed by atoms with Crippen LogP contribution in [-0.2, 0) is 4.79 Å². The van der Waals surface area contributed by atoms with E-state index in [1.54, 1.807) is 49.4 Å². The minimum absolute atomic E-state index is 0.251. The van der Waals surface area contributed by atoms with Gasteiger partial charge in [0.2, 0.25) is 17.0 Å². The molecule has 0 aliphatic heterocycles. The van der Waals surface area contributed by atoms with E-state index < -0.39 is 11.2 Å². The van der Waals surface area contributed by atoms with E-state index in [1.165, 1.54) is 4.68 Å². The highest BCUT2D eigenvalue weighted by Crippen LogP contribution is 2.29. The number of hydrogen-bond acceptors (Lipinski definition) is 6. The molecule has 0 fully saturated rings. The summed E-state index contributed by atoms with van der Waals surface area (Å²) in [5, 5.41) is 11.3. The Balaban J connectivity index is 1.69. The van der Waals surface area contributed by atoms with Crippen molar-refractivity contribution in [2.75, 3.05) is 11.2 Å². The topological polar surface area (TPSA) is 129 Å². The molecule has 2 aromatic carbocycles. The van der Waals surface area contributed by atoms with Gasteiger partial charge in [0.15, 0.2) is 5.82 Å². The Labute approximate surface area is 170 Å². The summed E-state index contributed by atoms with van der Waals surface area (Å²) in [4.78, 5) is 23.5. The molecule has 28 heavy (non-hydrogen) atoms. The number of nitrogens with one attached hydrogen (secondary N) is 1. The Morgan fingerprint density at radius 3 is 2.46 bits per heavy atom. The highest BCUT2D eigenvalue weighted by Gasteiger charge is 2.21. The molecule has 0 spiro atoms. The third-order valence-electron chi connectivity index (χ3n) is 3.87. The van der Waals surface area contributed by atoms with Crippen LogP contribution in [0.15, 0.2) is 53.7 Å². The van der Waals surface area contributed by atoms with Crippen molar-refractivity contribution in [2.45, 2.75) is 17.3 Å². The Morgan fingerprint density at radius 1 is 1.14 bits per heavy atom. The fourth-order valence-corrected chi connectivity index (χ4v) is 3.35. The normalized spacial score (nSPS) is 11.8. The van der Waals surface area contributed by atoms with Gasteiger partial charge in [0, 0.05) is 16.8 Å². The first-order valence-electron chi connectivity index (χ1n) is 8.19. The Morgan fingerprint density at radius 2 is 1.82 bits per heavy atom. The van der Waals surface area contributed by atoms with Crippen LogP contribution in [0.25, 0.3) is 11.4 Å². The molecule has 3 rings (SSSR count). The van der Waals surface area contributed by atoms with E-state index in [0.29, 0.717) is 32.8 Å². The monoisotopic (exact) mass is 416 g/mol. The lowest BCUT2D eigenvalue weighted by Gasteiger charge is -2.12. The van der Waals surface area contributed by atoms with Crippen LogP contribution < -0.4 is 16.9 Å². The Kier molecular flexibility index (Phi) is 5.86. The molecular formula is C18H17ClN6O2S. The number of benzene rings is 2. The SMILES string of the molecule is C[C@@H](Sc1nnc(-c2ccccc2Cl)n1N)C(=O)Nc1ccc(C(N)=O)cc1. The highest BCUT2D eigenvalue weighted by molar-refractivity contribution is 8.00. The second kappa shape index (κ2) is 8.32. The van der Waals surface area contributed by atoms with Gasteiger partial charge in [-0.25, -0.2) is 4.68 Å². The van der Waals surface area contributed by atoms with E-state index >= 15 is 0 Å². The maximum absolute atomic E-state index is 12.4. The van der Waals surface area contributed by atoms with Gasteiger partial charge < -0.3 is 16.9 Å². The van der Waals surface area contributed by atoms with Crippen LogP contribution in [0.3, 0.4) is 0 Å². The molecule has 10 heteroatoms. The number of nitrogens with zero attached hydrogens (tertiary/aromatic N) is 3.